The van der Waals surface area contributed by atoms with E-state index in [2.05, 4.69) is 25.7 Å². The van der Waals surface area contributed by atoms with Crippen LogP contribution >= 0.6 is 11.3 Å². The van der Waals surface area contributed by atoms with Crippen LogP contribution < -0.4 is 9.80 Å². The van der Waals surface area contributed by atoms with Crippen LogP contribution in [0.25, 0.3) is 16.9 Å². The molecule has 0 N–H and O–H groups in total. The lowest BCUT2D eigenvalue weighted by Gasteiger charge is -2.22. The first-order valence-corrected chi connectivity index (χ1v) is 11.5. The molecular weight excluding hydrogens is 411 g/mol. The molecule has 0 spiro atoms. The summed E-state index contributed by atoms with van der Waals surface area (Å²) in [5.41, 5.74) is 3.52. The van der Waals surface area contributed by atoms with Crippen LogP contribution in [0.3, 0.4) is 0 Å². The summed E-state index contributed by atoms with van der Waals surface area (Å²) in [4.78, 5) is 13.9. The molecule has 8 heteroatoms. The van der Waals surface area contributed by atoms with E-state index < -0.39 is 0 Å². The van der Waals surface area contributed by atoms with E-state index in [0.717, 1.165) is 65.3 Å². The number of thiazole rings is 1. The number of hydrogen-bond acceptors (Lipinski definition) is 6. The molecule has 0 aliphatic heterocycles. The first-order valence-electron chi connectivity index (χ1n) is 10.6. The minimum atomic E-state index is -0.249. The Balaban J connectivity index is 1.74. The zero-order valence-electron chi connectivity index (χ0n) is 18.3. The Morgan fingerprint density at radius 2 is 1.81 bits per heavy atom. The standard InChI is InChI=1S/C23H27FN6S/c1-5-14-29(7-3)21-13-12-20-25-18(6-2)22(30(20)27-21)28(4)23-26-19(15-31-23)16-8-10-17(24)11-9-16/h8-13,15H,5-7,14H2,1-4H3. The van der Waals surface area contributed by atoms with Crippen molar-refractivity contribution >= 4 is 33.8 Å². The Labute approximate surface area is 186 Å². The highest BCUT2D eigenvalue weighted by Crippen LogP contribution is 2.33. The van der Waals surface area contributed by atoms with Gasteiger partial charge >= 0.3 is 0 Å². The summed E-state index contributed by atoms with van der Waals surface area (Å²) in [5.74, 6) is 1.62. The summed E-state index contributed by atoms with van der Waals surface area (Å²) in [7, 11) is 1.99. The summed E-state index contributed by atoms with van der Waals surface area (Å²) < 4.78 is 15.2. The lowest BCUT2D eigenvalue weighted by atomic mass is 10.2. The molecule has 0 bridgehead atoms. The van der Waals surface area contributed by atoms with Crippen molar-refractivity contribution in [2.75, 3.05) is 29.9 Å². The third kappa shape index (κ3) is 4.12. The summed E-state index contributed by atoms with van der Waals surface area (Å²) in [5, 5.41) is 7.76. The van der Waals surface area contributed by atoms with Gasteiger partial charge in [0.05, 0.1) is 11.4 Å². The van der Waals surface area contributed by atoms with Crippen molar-refractivity contribution < 1.29 is 4.39 Å². The van der Waals surface area contributed by atoms with Crippen molar-refractivity contribution in [3.8, 4) is 11.3 Å². The van der Waals surface area contributed by atoms with Crippen LogP contribution in [0.4, 0.5) is 21.2 Å². The smallest absolute Gasteiger partial charge is 0.191 e. The normalized spacial score (nSPS) is 11.3. The lowest BCUT2D eigenvalue weighted by Crippen LogP contribution is -2.25. The lowest BCUT2D eigenvalue weighted by molar-refractivity contribution is 0.628. The van der Waals surface area contributed by atoms with Crippen LogP contribution in [0.15, 0.2) is 41.8 Å². The fraction of sp³-hybridized carbons (Fsp3) is 0.348. The highest BCUT2D eigenvalue weighted by atomic mass is 32.1. The maximum absolute atomic E-state index is 13.3. The van der Waals surface area contributed by atoms with Crippen LogP contribution in [0.5, 0.6) is 0 Å². The zero-order valence-corrected chi connectivity index (χ0v) is 19.2. The van der Waals surface area contributed by atoms with Gasteiger partial charge in [-0.3, -0.25) is 0 Å². The molecule has 3 aromatic heterocycles. The van der Waals surface area contributed by atoms with Gasteiger partial charge in [-0.05, 0) is 56.2 Å². The van der Waals surface area contributed by atoms with Crippen molar-refractivity contribution in [2.45, 2.75) is 33.6 Å². The molecule has 4 aromatic rings. The van der Waals surface area contributed by atoms with Gasteiger partial charge < -0.3 is 9.80 Å². The highest BCUT2D eigenvalue weighted by Gasteiger charge is 2.21. The quantitative estimate of drug-likeness (QED) is 0.361. The third-order valence-electron chi connectivity index (χ3n) is 5.28. The first kappa shape index (κ1) is 21.2. The van der Waals surface area contributed by atoms with E-state index in [1.165, 1.54) is 12.1 Å². The van der Waals surface area contributed by atoms with Crippen molar-refractivity contribution in [3.63, 3.8) is 0 Å². The van der Waals surface area contributed by atoms with Crippen LogP contribution in [0, 0.1) is 5.82 Å². The SMILES string of the molecule is CCCN(CC)c1ccc2nc(CC)c(N(C)c3nc(-c4ccc(F)cc4)cs3)n2n1. The largest absolute Gasteiger partial charge is 0.355 e. The molecule has 0 atom stereocenters. The van der Waals surface area contributed by atoms with E-state index in [9.17, 15) is 4.39 Å². The number of aryl methyl sites for hydroxylation is 1. The molecule has 0 radical (unpaired) electrons. The van der Waals surface area contributed by atoms with E-state index in [1.54, 1.807) is 23.5 Å². The number of hydrogen-bond donors (Lipinski definition) is 0. The van der Waals surface area contributed by atoms with Crippen LogP contribution in [-0.4, -0.2) is 39.7 Å². The van der Waals surface area contributed by atoms with Gasteiger partial charge in [0.1, 0.15) is 11.6 Å². The maximum Gasteiger partial charge on any atom is 0.191 e. The van der Waals surface area contributed by atoms with Crippen molar-refractivity contribution in [2.24, 2.45) is 0 Å². The van der Waals surface area contributed by atoms with Gasteiger partial charge in [0.25, 0.3) is 0 Å². The van der Waals surface area contributed by atoms with Gasteiger partial charge in [0.15, 0.2) is 16.6 Å². The molecule has 4 rings (SSSR count). The van der Waals surface area contributed by atoms with E-state index in [-0.39, 0.29) is 5.82 Å². The Morgan fingerprint density at radius 1 is 1.03 bits per heavy atom. The number of rotatable bonds is 8. The van der Waals surface area contributed by atoms with Gasteiger partial charge in [-0.15, -0.1) is 16.4 Å². The Kier molecular flexibility index (Phi) is 6.18. The molecule has 0 fully saturated rings. The Hall–Kier alpha value is -3.00. The first-order chi connectivity index (χ1) is 15.0. The van der Waals surface area contributed by atoms with Crippen LogP contribution in [0.2, 0.25) is 0 Å². The van der Waals surface area contributed by atoms with Crippen LogP contribution in [-0.2, 0) is 6.42 Å². The molecule has 6 nitrogen and oxygen atoms in total. The molecule has 162 valence electrons. The number of anilines is 3. The van der Waals surface area contributed by atoms with Crippen LogP contribution in [0.1, 0.15) is 32.9 Å². The molecule has 0 saturated heterocycles. The second kappa shape index (κ2) is 9.01. The summed E-state index contributed by atoms with van der Waals surface area (Å²) in [6.45, 7) is 8.28. The van der Waals surface area contributed by atoms with Gasteiger partial charge in [-0.25, -0.2) is 14.4 Å². The predicted octanol–water partition coefficient (Wildman–Crippen LogP) is 5.56. The van der Waals surface area contributed by atoms with E-state index in [1.807, 2.05) is 34.0 Å². The maximum atomic E-state index is 13.3. The molecule has 31 heavy (non-hydrogen) atoms. The number of halogens is 1. The summed E-state index contributed by atoms with van der Waals surface area (Å²) in [6, 6.07) is 10.5. The Morgan fingerprint density at radius 3 is 2.48 bits per heavy atom. The van der Waals surface area contributed by atoms with Gasteiger partial charge in [0, 0.05) is 31.1 Å². The molecule has 3 heterocycles. The second-order valence-electron chi connectivity index (χ2n) is 7.36. The molecule has 0 amide bonds. The fourth-order valence-electron chi connectivity index (χ4n) is 3.67. The van der Waals surface area contributed by atoms with Crippen molar-refractivity contribution in [1.29, 1.82) is 0 Å². The van der Waals surface area contributed by atoms with E-state index in [0.29, 0.717) is 0 Å². The average molecular weight is 439 g/mol. The Bertz CT molecular complexity index is 1170. The number of imidazole rings is 1. The predicted molar refractivity (Wildman–Crippen MR) is 126 cm³/mol. The molecule has 0 aliphatic carbocycles. The fourth-order valence-corrected chi connectivity index (χ4v) is 4.47. The number of nitrogens with zero attached hydrogens (tertiary/aromatic N) is 6. The number of fused-ring (bicyclic) bond motifs is 1. The van der Waals surface area contributed by atoms with Gasteiger partial charge in [0.2, 0.25) is 0 Å². The minimum absolute atomic E-state index is 0.249. The minimum Gasteiger partial charge on any atom is -0.355 e. The zero-order chi connectivity index (χ0) is 22.0. The molecular formula is C23H27FN6S. The molecule has 0 saturated carbocycles. The summed E-state index contributed by atoms with van der Waals surface area (Å²) >= 11 is 1.55. The number of benzene rings is 1. The van der Waals surface area contributed by atoms with Crippen molar-refractivity contribution in [3.05, 3.63) is 53.3 Å². The second-order valence-corrected chi connectivity index (χ2v) is 8.19. The topological polar surface area (TPSA) is 49.6 Å². The van der Waals surface area contributed by atoms with Gasteiger partial charge in [-0.1, -0.05) is 13.8 Å². The summed E-state index contributed by atoms with van der Waals surface area (Å²) in [6.07, 6.45) is 1.86. The van der Waals surface area contributed by atoms with E-state index in [4.69, 9.17) is 15.1 Å². The third-order valence-corrected chi connectivity index (χ3v) is 6.20. The van der Waals surface area contributed by atoms with Crippen molar-refractivity contribution in [1.82, 2.24) is 19.6 Å². The van der Waals surface area contributed by atoms with Gasteiger partial charge in [-0.2, -0.15) is 4.52 Å². The average Bonchev–Trinajstić information content (AvgIpc) is 3.42. The molecule has 0 aliphatic rings. The highest BCUT2D eigenvalue weighted by molar-refractivity contribution is 7.14. The van der Waals surface area contributed by atoms with E-state index >= 15 is 0 Å². The molecule has 0 unspecified atom stereocenters. The number of aromatic nitrogens is 4. The monoisotopic (exact) mass is 438 g/mol. The molecule has 1 aromatic carbocycles.